The number of rotatable bonds is 7. The number of ether oxygens (including phenoxy) is 1. The zero-order chi connectivity index (χ0) is 16.0. The van der Waals surface area contributed by atoms with Crippen LogP contribution in [0.3, 0.4) is 0 Å². The number of hydrogen-bond donors (Lipinski definition) is 4. The molecular formula is C13H14O8. The lowest BCUT2D eigenvalue weighted by Gasteiger charge is -2.24. The number of ketones is 1. The summed E-state index contributed by atoms with van der Waals surface area (Å²) in [6.07, 6.45) is -6.00. The van der Waals surface area contributed by atoms with E-state index in [2.05, 4.69) is 0 Å². The van der Waals surface area contributed by atoms with Gasteiger partial charge in [0.1, 0.15) is 6.10 Å². The molecule has 0 fully saturated rings. The molecule has 0 saturated heterocycles. The van der Waals surface area contributed by atoms with Crippen molar-refractivity contribution in [3.8, 4) is 0 Å². The van der Waals surface area contributed by atoms with Crippen molar-refractivity contribution in [2.24, 2.45) is 0 Å². The number of benzene rings is 1. The molecular weight excluding hydrogens is 284 g/mol. The number of aliphatic hydroxyl groups excluding tert-OH is 3. The first-order valence-electron chi connectivity index (χ1n) is 5.88. The minimum absolute atomic E-state index is 0.0719. The van der Waals surface area contributed by atoms with Gasteiger partial charge in [-0.05, 0) is 12.1 Å². The van der Waals surface area contributed by atoms with Crippen LogP contribution in [-0.4, -0.2) is 63.1 Å². The van der Waals surface area contributed by atoms with Crippen LogP contribution in [0.25, 0.3) is 0 Å². The van der Waals surface area contributed by atoms with E-state index < -0.39 is 42.6 Å². The van der Waals surface area contributed by atoms with E-state index in [1.54, 1.807) is 6.07 Å². The van der Waals surface area contributed by atoms with Gasteiger partial charge < -0.3 is 25.2 Å². The summed E-state index contributed by atoms with van der Waals surface area (Å²) in [6, 6.07) is 7.48. The zero-order valence-corrected chi connectivity index (χ0v) is 10.7. The number of carbonyl (C=O) groups excluding carboxylic acids is 2. The third kappa shape index (κ3) is 4.35. The third-order valence-corrected chi connectivity index (χ3v) is 2.61. The second-order valence-corrected chi connectivity index (χ2v) is 4.10. The van der Waals surface area contributed by atoms with E-state index >= 15 is 0 Å². The van der Waals surface area contributed by atoms with Crippen LogP contribution in [0.1, 0.15) is 10.4 Å². The van der Waals surface area contributed by atoms with Crippen molar-refractivity contribution in [3.05, 3.63) is 35.9 Å². The highest BCUT2D eigenvalue weighted by molar-refractivity contribution is 6.34. The summed E-state index contributed by atoms with van der Waals surface area (Å²) in [6.45, 7) is -0.934. The minimum Gasteiger partial charge on any atom is -0.475 e. The molecule has 1 unspecified atom stereocenters. The van der Waals surface area contributed by atoms with E-state index in [1.807, 2.05) is 0 Å². The van der Waals surface area contributed by atoms with Gasteiger partial charge in [-0.2, -0.15) is 0 Å². The Labute approximate surface area is 119 Å². The van der Waals surface area contributed by atoms with Crippen molar-refractivity contribution < 1.29 is 39.5 Å². The van der Waals surface area contributed by atoms with Crippen LogP contribution in [0.4, 0.5) is 0 Å². The molecule has 114 valence electrons. The fraction of sp³-hybridized carbons (Fsp3) is 0.308. The van der Waals surface area contributed by atoms with E-state index in [1.165, 1.54) is 24.3 Å². The molecule has 0 amide bonds. The second-order valence-electron chi connectivity index (χ2n) is 4.10. The molecule has 1 rings (SSSR count). The molecule has 8 nitrogen and oxygen atoms in total. The number of esters is 1. The van der Waals surface area contributed by atoms with Gasteiger partial charge in [0.15, 0.2) is 12.2 Å². The number of carboxylic acid groups (broad SMARTS) is 1. The quantitative estimate of drug-likeness (QED) is 0.355. The number of carbonyl (C=O) groups is 3. The van der Waals surface area contributed by atoms with Gasteiger partial charge in [0.2, 0.25) is 0 Å². The number of carboxylic acids is 1. The highest BCUT2D eigenvalue weighted by Gasteiger charge is 2.38. The molecule has 3 atom stereocenters. The van der Waals surface area contributed by atoms with Crippen molar-refractivity contribution in [1.29, 1.82) is 0 Å². The van der Waals surface area contributed by atoms with Gasteiger partial charge in [-0.15, -0.1) is 0 Å². The van der Waals surface area contributed by atoms with Crippen LogP contribution in [0.2, 0.25) is 0 Å². The van der Waals surface area contributed by atoms with Gasteiger partial charge in [0, 0.05) is 0 Å². The highest BCUT2D eigenvalue weighted by Crippen LogP contribution is 2.11. The molecule has 0 bridgehead atoms. The monoisotopic (exact) mass is 298 g/mol. The van der Waals surface area contributed by atoms with E-state index in [-0.39, 0.29) is 5.56 Å². The average Bonchev–Trinajstić information content (AvgIpc) is 2.50. The van der Waals surface area contributed by atoms with Crippen LogP contribution >= 0.6 is 0 Å². The molecule has 0 radical (unpaired) electrons. The van der Waals surface area contributed by atoms with Crippen LogP contribution in [-0.2, 0) is 14.3 Å². The predicted octanol–water partition coefficient (Wildman–Crippen LogP) is -1.42. The number of aliphatic carboxylic acids is 1. The number of aliphatic hydroxyl groups is 3. The van der Waals surface area contributed by atoms with Crippen LogP contribution in [0.15, 0.2) is 30.3 Å². The van der Waals surface area contributed by atoms with Gasteiger partial charge in [-0.25, -0.2) is 9.59 Å². The summed E-state index contributed by atoms with van der Waals surface area (Å²) in [4.78, 5) is 33.5. The zero-order valence-electron chi connectivity index (χ0n) is 10.7. The Morgan fingerprint density at radius 2 is 1.67 bits per heavy atom. The Morgan fingerprint density at radius 1 is 1.10 bits per heavy atom. The van der Waals surface area contributed by atoms with Crippen molar-refractivity contribution in [3.63, 3.8) is 0 Å². The maximum Gasteiger partial charge on any atom is 0.375 e. The Balaban J connectivity index is 2.91. The van der Waals surface area contributed by atoms with Crippen LogP contribution in [0.5, 0.6) is 0 Å². The first-order valence-corrected chi connectivity index (χ1v) is 5.88. The summed E-state index contributed by atoms with van der Waals surface area (Å²) in [7, 11) is 0. The summed E-state index contributed by atoms with van der Waals surface area (Å²) in [5.74, 6) is -4.59. The third-order valence-electron chi connectivity index (χ3n) is 2.61. The van der Waals surface area contributed by atoms with Gasteiger partial charge >= 0.3 is 11.9 Å². The lowest BCUT2D eigenvalue weighted by molar-refractivity contribution is -0.159. The molecule has 1 aromatic rings. The molecule has 21 heavy (non-hydrogen) atoms. The first-order chi connectivity index (χ1) is 9.88. The Bertz CT molecular complexity index is 512. The van der Waals surface area contributed by atoms with Crippen molar-refractivity contribution in [2.45, 2.75) is 18.3 Å². The van der Waals surface area contributed by atoms with E-state index in [4.69, 9.17) is 14.9 Å². The lowest BCUT2D eigenvalue weighted by atomic mass is 10.0. The summed E-state index contributed by atoms with van der Waals surface area (Å²) >= 11 is 0. The molecule has 4 N–H and O–H groups in total. The molecule has 8 heteroatoms. The Kier molecular flexibility index (Phi) is 5.97. The van der Waals surface area contributed by atoms with Gasteiger partial charge in [0.25, 0.3) is 5.78 Å². The SMILES string of the molecule is O=C(O)C(=O)C(O)[C@H](OC(=O)c1ccccc1)[C@H](O)CO. The summed E-state index contributed by atoms with van der Waals surface area (Å²) < 4.78 is 4.74. The fourth-order valence-electron chi connectivity index (χ4n) is 1.50. The van der Waals surface area contributed by atoms with Crippen molar-refractivity contribution >= 4 is 17.7 Å². The topological polar surface area (TPSA) is 141 Å². The molecule has 0 aliphatic rings. The number of hydrogen-bond acceptors (Lipinski definition) is 7. The fourth-order valence-corrected chi connectivity index (χ4v) is 1.50. The van der Waals surface area contributed by atoms with Gasteiger partial charge in [-0.1, -0.05) is 18.2 Å². The van der Waals surface area contributed by atoms with E-state index in [0.717, 1.165) is 0 Å². The molecule has 1 aromatic carbocycles. The average molecular weight is 298 g/mol. The molecule has 0 spiro atoms. The van der Waals surface area contributed by atoms with Crippen LogP contribution in [0, 0.1) is 0 Å². The van der Waals surface area contributed by atoms with Crippen LogP contribution < -0.4 is 0 Å². The summed E-state index contributed by atoms with van der Waals surface area (Å²) in [5.41, 5.74) is 0.0719. The van der Waals surface area contributed by atoms with E-state index in [9.17, 15) is 24.6 Å². The van der Waals surface area contributed by atoms with Crippen molar-refractivity contribution in [2.75, 3.05) is 6.61 Å². The molecule has 0 aliphatic carbocycles. The van der Waals surface area contributed by atoms with E-state index in [0.29, 0.717) is 0 Å². The normalized spacial score (nSPS) is 14.8. The summed E-state index contributed by atoms with van der Waals surface area (Å²) in [5, 5.41) is 36.4. The molecule has 0 saturated carbocycles. The van der Waals surface area contributed by atoms with Gasteiger partial charge in [0.05, 0.1) is 12.2 Å². The number of Topliss-reactive ketones (excluding diaryl/α,β-unsaturated/α-hetero) is 1. The largest absolute Gasteiger partial charge is 0.475 e. The Morgan fingerprint density at radius 3 is 2.14 bits per heavy atom. The molecule has 0 aromatic heterocycles. The molecule has 0 aliphatic heterocycles. The smallest absolute Gasteiger partial charge is 0.375 e. The predicted molar refractivity (Wildman–Crippen MR) is 67.4 cm³/mol. The van der Waals surface area contributed by atoms with Gasteiger partial charge in [-0.3, -0.25) is 4.79 Å². The standard InChI is InChI=1S/C13H14O8/c14-6-8(15)11(9(16)10(17)12(18)19)21-13(20)7-4-2-1-3-5-7/h1-5,8-9,11,14-16H,6H2,(H,18,19)/t8-,9?,11-/m1/s1. The first kappa shape index (κ1) is 16.8. The molecule has 0 heterocycles. The second kappa shape index (κ2) is 7.48. The maximum absolute atomic E-state index is 11.8. The van der Waals surface area contributed by atoms with Crippen molar-refractivity contribution in [1.82, 2.24) is 0 Å². The Hall–Kier alpha value is -2.29. The lowest BCUT2D eigenvalue weighted by Crippen LogP contribution is -2.48. The highest BCUT2D eigenvalue weighted by atomic mass is 16.6. The maximum atomic E-state index is 11.8. The minimum atomic E-state index is -2.29.